The molecule has 1 rings (SSSR count). The summed E-state index contributed by atoms with van der Waals surface area (Å²) in [5.74, 6) is 0.0144. The van der Waals surface area contributed by atoms with Crippen LogP contribution in [0.4, 0.5) is 4.79 Å². The fourth-order valence-corrected chi connectivity index (χ4v) is 0.952. The minimum atomic E-state index is -0.328. The lowest BCUT2D eigenvalue weighted by molar-refractivity contribution is 0.137. The minimum absolute atomic E-state index is 0.0144. The number of likely N-dealkylation sites (N-methyl/N-ethyl adjacent to an activating group) is 1. The van der Waals surface area contributed by atoms with E-state index in [-0.39, 0.29) is 18.2 Å². The third-order valence-corrected chi connectivity index (χ3v) is 1.53. The summed E-state index contributed by atoms with van der Waals surface area (Å²) in [5, 5.41) is 0. The van der Waals surface area contributed by atoms with E-state index in [2.05, 4.69) is 4.99 Å². The number of hydrogen-bond donors (Lipinski definition) is 2. The van der Waals surface area contributed by atoms with Gasteiger partial charge in [0.1, 0.15) is 6.10 Å². The molecule has 1 aliphatic heterocycles. The first-order valence-corrected chi connectivity index (χ1v) is 3.56. The molecule has 68 valence electrons. The van der Waals surface area contributed by atoms with Crippen molar-refractivity contribution in [3.8, 4) is 0 Å². The van der Waals surface area contributed by atoms with Crippen LogP contribution in [0.2, 0.25) is 0 Å². The van der Waals surface area contributed by atoms with E-state index < -0.39 is 0 Å². The summed E-state index contributed by atoms with van der Waals surface area (Å²) < 4.78 is 4.89. The predicted molar refractivity (Wildman–Crippen MR) is 43.6 cm³/mol. The summed E-state index contributed by atoms with van der Waals surface area (Å²) >= 11 is 0. The molecule has 0 unspecified atom stereocenters. The zero-order valence-corrected chi connectivity index (χ0v) is 6.86. The number of hydrogen-bond acceptors (Lipinski definition) is 3. The van der Waals surface area contributed by atoms with Crippen LogP contribution in [-0.2, 0) is 4.74 Å². The third-order valence-electron chi connectivity index (χ3n) is 1.53. The number of carbonyl (C=O) groups is 1. The molecule has 0 spiro atoms. The monoisotopic (exact) mass is 172 g/mol. The van der Waals surface area contributed by atoms with Gasteiger partial charge in [-0.15, -0.1) is 0 Å². The molecular formula is C6H12N4O2. The minimum Gasteiger partial charge on any atom is -0.442 e. The summed E-state index contributed by atoms with van der Waals surface area (Å²) in [6, 6.07) is 0. The zero-order valence-electron chi connectivity index (χ0n) is 6.86. The summed E-state index contributed by atoms with van der Waals surface area (Å²) in [6.07, 6.45) is -0.546. The fraction of sp³-hybridized carbons (Fsp3) is 0.667. The Hall–Kier alpha value is -1.46. The Labute approximate surface area is 70.2 Å². The van der Waals surface area contributed by atoms with Crippen molar-refractivity contribution in [3.63, 3.8) is 0 Å². The molecule has 0 aromatic heterocycles. The Kier molecular flexibility index (Phi) is 2.37. The lowest BCUT2D eigenvalue weighted by atomic mass is 10.3. The Morgan fingerprint density at radius 1 is 1.83 bits per heavy atom. The Morgan fingerprint density at radius 3 is 2.92 bits per heavy atom. The second kappa shape index (κ2) is 3.29. The topological polar surface area (TPSA) is 93.9 Å². The molecule has 1 fully saturated rings. The van der Waals surface area contributed by atoms with Gasteiger partial charge >= 0.3 is 6.09 Å². The lowest BCUT2D eigenvalue weighted by Gasteiger charge is -2.03. The molecular weight excluding hydrogens is 160 g/mol. The van der Waals surface area contributed by atoms with Crippen LogP contribution in [0, 0.1) is 0 Å². The Bertz CT molecular complexity index is 212. The van der Waals surface area contributed by atoms with Crippen LogP contribution < -0.4 is 11.5 Å². The molecule has 12 heavy (non-hydrogen) atoms. The van der Waals surface area contributed by atoms with E-state index in [0.717, 1.165) is 0 Å². The van der Waals surface area contributed by atoms with Crippen LogP contribution in [0.25, 0.3) is 0 Å². The number of carbonyl (C=O) groups excluding carboxylic acids is 1. The first-order chi connectivity index (χ1) is 5.59. The van der Waals surface area contributed by atoms with Crippen molar-refractivity contribution in [2.45, 2.75) is 6.10 Å². The largest absolute Gasteiger partial charge is 0.442 e. The maximum atomic E-state index is 10.8. The van der Waals surface area contributed by atoms with Crippen LogP contribution in [0.5, 0.6) is 0 Å². The molecule has 1 saturated heterocycles. The lowest BCUT2D eigenvalue weighted by Crippen LogP contribution is -2.26. The first kappa shape index (κ1) is 8.63. The van der Waals surface area contributed by atoms with Gasteiger partial charge < -0.3 is 21.1 Å². The molecule has 0 radical (unpaired) electrons. The van der Waals surface area contributed by atoms with Crippen LogP contribution in [-0.4, -0.2) is 43.2 Å². The van der Waals surface area contributed by atoms with Crippen molar-refractivity contribution in [2.24, 2.45) is 16.5 Å². The molecule has 0 aliphatic carbocycles. The van der Waals surface area contributed by atoms with Crippen molar-refractivity contribution in [1.29, 1.82) is 0 Å². The molecule has 4 N–H and O–H groups in total. The maximum absolute atomic E-state index is 10.8. The number of guanidine groups is 1. The number of cyclic esters (lactones) is 1. The van der Waals surface area contributed by atoms with Crippen molar-refractivity contribution in [3.05, 3.63) is 0 Å². The van der Waals surface area contributed by atoms with E-state index in [1.807, 2.05) is 0 Å². The highest BCUT2D eigenvalue weighted by Gasteiger charge is 2.27. The van der Waals surface area contributed by atoms with Crippen LogP contribution in [0.1, 0.15) is 0 Å². The van der Waals surface area contributed by atoms with Gasteiger partial charge in [0.15, 0.2) is 5.96 Å². The second-order valence-electron chi connectivity index (χ2n) is 2.65. The average molecular weight is 172 g/mol. The molecule has 6 heteroatoms. The standard InChI is InChI=1S/C6H12N4O2/c1-10-3-4(12-6(10)11)2-9-5(7)8/h4H,2-3H2,1H3,(H4,7,8,9)/t4-/m0/s1. The van der Waals surface area contributed by atoms with E-state index in [1.165, 1.54) is 4.90 Å². The van der Waals surface area contributed by atoms with Crippen molar-refractivity contribution < 1.29 is 9.53 Å². The number of nitrogens with zero attached hydrogens (tertiary/aromatic N) is 2. The van der Waals surface area contributed by atoms with Gasteiger partial charge in [-0.05, 0) is 0 Å². The normalized spacial score (nSPS) is 22.2. The molecule has 1 amide bonds. The second-order valence-corrected chi connectivity index (χ2v) is 2.65. The van der Waals surface area contributed by atoms with Crippen molar-refractivity contribution in [2.75, 3.05) is 20.1 Å². The number of aliphatic imine (C=N–C) groups is 1. The van der Waals surface area contributed by atoms with Gasteiger partial charge in [-0.25, -0.2) is 9.79 Å². The number of ether oxygens (including phenoxy) is 1. The van der Waals surface area contributed by atoms with Crippen LogP contribution >= 0.6 is 0 Å². The van der Waals surface area contributed by atoms with Gasteiger partial charge in [-0.1, -0.05) is 0 Å². The summed E-state index contributed by atoms with van der Waals surface area (Å²) in [7, 11) is 1.66. The molecule has 0 aromatic rings. The Morgan fingerprint density at radius 2 is 2.50 bits per heavy atom. The molecule has 0 bridgehead atoms. The SMILES string of the molecule is CN1C[C@H](CN=C(N)N)OC1=O. The highest BCUT2D eigenvalue weighted by Crippen LogP contribution is 2.08. The van der Waals surface area contributed by atoms with Crippen molar-refractivity contribution in [1.82, 2.24) is 4.90 Å². The molecule has 0 aromatic carbocycles. The van der Waals surface area contributed by atoms with E-state index >= 15 is 0 Å². The highest BCUT2D eigenvalue weighted by atomic mass is 16.6. The molecule has 1 atom stereocenters. The number of amides is 1. The van der Waals surface area contributed by atoms with E-state index in [4.69, 9.17) is 16.2 Å². The van der Waals surface area contributed by atoms with Gasteiger partial charge in [0.05, 0.1) is 13.1 Å². The highest BCUT2D eigenvalue weighted by molar-refractivity contribution is 5.75. The van der Waals surface area contributed by atoms with Gasteiger partial charge in [0.25, 0.3) is 0 Å². The van der Waals surface area contributed by atoms with Gasteiger partial charge in [0.2, 0.25) is 0 Å². The maximum Gasteiger partial charge on any atom is 0.410 e. The molecule has 0 saturated carbocycles. The average Bonchev–Trinajstić information content (AvgIpc) is 2.28. The van der Waals surface area contributed by atoms with Gasteiger partial charge in [-0.2, -0.15) is 0 Å². The predicted octanol–water partition coefficient (Wildman–Crippen LogP) is -1.29. The summed E-state index contributed by atoms with van der Waals surface area (Å²) in [5.41, 5.74) is 10.2. The third kappa shape index (κ3) is 2.01. The Balaban J connectivity index is 2.38. The quantitative estimate of drug-likeness (QED) is 0.400. The van der Waals surface area contributed by atoms with Crippen molar-refractivity contribution >= 4 is 12.1 Å². The number of rotatable bonds is 2. The van der Waals surface area contributed by atoms with Crippen LogP contribution in [0.3, 0.4) is 0 Å². The van der Waals surface area contributed by atoms with Gasteiger partial charge in [-0.3, -0.25) is 0 Å². The van der Waals surface area contributed by atoms with Crippen LogP contribution in [0.15, 0.2) is 4.99 Å². The van der Waals surface area contributed by atoms with E-state index in [0.29, 0.717) is 13.1 Å². The summed E-state index contributed by atoms with van der Waals surface area (Å²) in [4.78, 5) is 16.0. The molecule has 1 aliphatic rings. The molecule has 1 heterocycles. The number of nitrogens with two attached hydrogens (primary N) is 2. The fourth-order valence-electron chi connectivity index (χ4n) is 0.952. The smallest absolute Gasteiger partial charge is 0.410 e. The zero-order chi connectivity index (χ0) is 9.14. The molecule has 6 nitrogen and oxygen atoms in total. The first-order valence-electron chi connectivity index (χ1n) is 3.56. The van der Waals surface area contributed by atoms with Gasteiger partial charge in [0, 0.05) is 7.05 Å². The summed E-state index contributed by atoms with van der Waals surface area (Å²) in [6.45, 7) is 0.869. The van der Waals surface area contributed by atoms with E-state index in [1.54, 1.807) is 7.05 Å². The van der Waals surface area contributed by atoms with E-state index in [9.17, 15) is 4.79 Å².